The molecule has 3 rings (SSSR count). The minimum Gasteiger partial charge on any atom is -0.325 e. The standard InChI is InChI=1S/C18H15ClN2OS/c1-12-6-7-13(10-15(12)19)21-18(22)11-23-17-8-9-20-16-5-3-2-4-14(16)17/h2-10H,11H2,1H3,(H,21,22). The van der Waals surface area contributed by atoms with Crippen LogP contribution in [0.4, 0.5) is 5.69 Å². The van der Waals surface area contributed by atoms with Gasteiger partial charge in [0.1, 0.15) is 0 Å². The van der Waals surface area contributed by atoms with Gasteiger partial charge in [-0.05, 0) is 36.8 Å². The van der Waals surface area contributed by atoms with E-state index in [2.05, 4.69) is 10.3 Å². The molecule has 0 spiro atoms. The number of pyridine rings is 1. The zero-order chi connectivity index (χ0) is 16.2. The van der Waals surface area contributed by atoms with Gasteiger partial charge in [-0.15, -0.1) is 11.8 Å². The van der Waals surface area contributed by atoms with E-state index < -0.39 is 0 Å². The van der Waals surface area contributed by atoms with Crippen LogP contribution in [0.25, 0.3) is 10.9 Å². The fourth-order valence-corrected chi connectivity index (χ4v) is 3.23. The van der Waals surface area contributed by atoms with Crippen molar-refractivity contribution in [3.63, 3.8) is 0 Å². The minimum absolute atomic E-state index is 0.0594. The second kappa shape index (κ2) is 7.02. The van der Waals surface area contributed by atoms with Crippen molar-refractivity contribution in [2.75, 3.05) is 11.1 Å². The zero-order valence-electron chi connectivity index (χ0n) is 12.5. The molecule has 0 unspecified atom stereocenters. The number of aryl methyl sites for hydroxylation is 1. The smallest absolute Gasteiger partial charge is 0.234 e. The number of thioether (sulfide) groups is 1. The van der Waals surface area contributed by atoms with Crippen molar-refractivity contribution in [1.82, 2.24) is 4.98 Å². The van der Waals surface area contributed by atoms with E-state index >= 15 is 0 Å². The third-order valence-corrected chi connectivity index (χ3v) is 4.90. The maximum Gasteiger partial charge on any atom is 0.234 e. The molecule has 1 N–H and O–H groups in total. The molecule has 23 heavy (non-hydrogen) atoms. The first kappa shape index (κ1) is 15.8. The number of carbonyl (C=O) groups is 1. The van der Waals surface area contributed by atoms with Crippen LogP contribution in [0.5, 0.6) is 0 Å². The van der Waals surface area contributed by atoms with Gasteiger partial charge < -0.3 is 5.32 Å². The Balaban J connectivity index is 1.67. The molecule has 0 saturated carbocycles. The summed E-state index contributed by atoms with van der Waals surface area (Å²) in [4.78, 5) is 17.5. The second-order valence-electron chi connectivity index (χ2n) is 5.13. The number of benzene rings is 2. The molecule has 0 bridgehead atoms. The fourth-order valence-electron chi connectivity index (χ4n) is 2.21. The molecule has 5 heteroatoms. The number of nitrogens with one attached hydrogen (secondary N) is 1. The first-order valence-corrected chi connectivity index (χ1v) is 8.52. The van der Waals surface area contributed by atoms with Gasteiger partial charge in [0.2, 0.25) is 5.91 Å². The van der Waals surface area contributed by atoms with Crippen LogP contribution >= 0.6 is 23.4 Å². The number of anilines is 1. The largest absolute Gasteiger partial charge is 0.325 e. The Morgan fingerprint density at radius 2 is 2.04 bits per heavy atom. The van der Waals surface area contributed by atoms with Gasteiger partial charge in [0.15, 0.2) is 0 Å². The van der Waals surface area contributed by atoms with Gasteiger partial charge in [-0.1, -0.05) is 35.9 Å². The SMILES string of the molecule is Cc1ccc(NC(=O)CSc2ccnc3ccccc23)cc1Cl. The highest BCUT2D eigenvalue weighted by Crippen LogP contribution is 2.26. The van der Waals surface area contributed by atoms with E-state index in [4.69, 9.17) is 11.6 Å². The van der Waals surface area contributed by atoms with Crippen molar-refractivity contribution in [3.8, 4) is 0 Å². The molecule has 0 aliphatic heterocycles. The molecule has 1 heterocycles. The zero-order valence-corrected chi connectivity index (χ0v) is 14.1. The number of rotatable bonds is 4. The van der Waals surface area contributed by atoms with Gasteiger partial charge in [0.25, 0.3) is 0 Å². The summed E-state index contributed by atoms with van der Waals surface area (Å²) >= 11 is 7.57. The van der Waals surface area contributed by atoms with Gasteiger partial charge in [-0.2, -0.15) is 0 Å². The Morgan fingerprint density at radius 3 is 2.87 bits per heavy atom. The van der Waals surface area contributed by atoms with Crippen molar-refractivity contribution in [3.05, 3.63) is 65.3 Å². The van der Waals surface area contributed by atoms with Gasteiger partial charge in [0.05, 0.1) is 11.3 Å². The number of halogens is 1. The number of carbonyl (C=O) groups excluding carboxylic acids is 1. The molecule has 2 aromatic carbocycles. The maximum absolute atomic E-state index is 12.1. The average molecular weight is 343 g/mol. The lowest BCUT2D eigenvalue weighted by atomic mass is 10.2. The number of fused-ring (bicyclic) bond motifs is 1. The molecule has 0 saturated heterocycles. The van der Waals surface area contributed by atoms with Gasteiger partial charge >= 0.3 is 0 Å². The van der Waals surface area contributed by atoms with Crippen molar-refractivity contribution < 1.29 is 4.79 Å². The Hall–Kier alpha value is -2.04. The topological polar surface area (TPSA) is 42.0 Å². The number of amides is 1. The van der Waals surface area contributed by atoms with Crippen LogP contribution in [0.3, 0.4) is 0 Å². The number of hydrogen-bond acceptors (Lipinski definition) is 3. The van der Waals surface area contributed by atoms with E-state index in [0.717, 1.165) is 21.4 Å². The highest BCUT2D eigenvalue weighted by atomic mass is 35.5. The van der Waals surface area contributed by atoms with Crippen LogP contribution in [0, 0.1) is 6.92 Å². The van der Waals surface area contributed by atoms with E-state index in [1.165, 1.54) is 11.8 Å². The van der Waals surface area contributed by atoms with Gasteiger partial charge in [-0.25, -0.2) is 0 Å². The normalized spacial score (nSPS) is 10.7. The molecule has 1 aromatic heterocycles. The van der Waals surface area contributed by atoms with E-state index in [1.54, 1.807) is 12.3 Å². The molecular weight excluding hydrogens is 328 g/mol. The molecule has 0 aliphatic rings. The molecule has 3 nitrogen and oxygen atoms in total. The summed E-state index contributed by atoms with van der Waals surface area (Å²) in [5, 5.41) is 4.58. The minimum atomic E-state index is -0.0594. The number of nitrogens with zero attached hydrogens (tertiary/aromatic N) is 1. The maximum atomic E-state index is 12.1. The predicted molar refractivity (Wildman–Crippen MR) is 97.3 cm³/mol. The third-order valence-electron chi connectivity index (χ3n) is 3.42. The van der Waals surface area contributed by atoms with Crippen LogP contribution < -0.4 is 5.32 Å². The molecule has 1 amide bonds. The lowest BCUT2D eigenvalue weighted by Crippen LogP contribution is -2.14. The van der Waals surface area contributed by atoms with Crippen LogP contribution in [-0.2, 0) is 4.79 Å². The molecule has 0 aliphatic carbocycles. The van der Waals surface area contributed by atoms with Crippen molar-refractivity contribution in [2.45, 2.75) is 11.8 Å². The first-order valence-electron chi connectivity index (χ1n) is 7.16. The van der Waals surface area contributed by atoms with E-state index in [9.17, 15) is 4.79 Å². The second-order valence-corrected chi connectivity index (χ2v) is 6.55. The van der Waals surface area contributed by atoms with E-state index in [0.29, 0.717) is 16.5 Å². The lowest BCUT2D eigenvalue weighted by molar-refractivity contribution is -0.113. The first-order chi connectivity index (χ1) is 11.1. The predicted octanol–water partition coefficient (Wildman–Crippen LogP) is 4.93. The van der Waals surface area contributed by atoms with E-state index in [1.807, 2.05) is 49.4 Å². The molecular formula is C18H15ClN2OS. The Labute approximate surface area is 144 Å². The summed E-state index contributed by atoms with van der Waals surface area (Å²) in [5.74, 6) is 0.273. The summed E-state index contributed by atoms with van der Waals surface area (Å²) < 4.78 is 0. The molecule has 0 atom stereocenters. The Bertz CT molecular complexity index is 861. The Kier molecular flexibility index (Phi) is 4.84. The molecule has 0 fully saturated rings. The van der Waals surface area contributed by atoms with Crippen LogP contribution in [-0.4, -0.2) is 16.6 Å². The summed E-state index contributed by atoms with van der Waals surface area (Å²) in [6.45, 7) is 1.93. The summed E-state index contributed by atoms with van der Waals surface area (Å²) in [6, 6.07) is 15.4. The Morgan fingerprint density at radius 1 is 1.22 bits per heavy atom. The number of hydrogen-bond donors (Lipinski definition) is 1. The summed E-state index contributed by atoms with van der Waals surface area (Å²) in [6.07, 6.45) is 1.77. The summed E-state index contributed by atoms with van der Waals surface area (Å²) in [5.41, 5.74) is 2.64. The number of aromatic nitrogens is 1. The van der Waals surface area contributed by atoms with Crippen molar-refractivity contribution in [2.24, 2.45) is 0 Å². The monoisotopic (exact) mass is 342 g/mol. The average Bonchev–Trinajstić information content (AvgIpc) is 2.56. The van der Waals surface area contributed by atoms with Crippen LogP contribution in [0.1, 0.15) is 5.56 Å². The third kappa shape index (κ3) is 3.84. The highest BCUT2D eigenvalue weighted by molar-refractivity contribution is 8.00. The number of para-hydroxylation sites is 1. The molecule has 116 valence electrons. The molecule has 3 aromatic rings. The van der Waals surface area contributed by atoms with Crippen LogP contribution in [0.15, 0.2) is 59.6 Å². The van der Waals surface area contributed by atoms with Gasteiger partial charge in [0, 0.05) is 27.2 Å². The van der Waals surface area contributed by atoms with Crippen molar-refractivity contribution >= 4 is 45.9 Å². The van der Waals surface area contributed by atoms with Gasteiger partial charge in [-0.3, -0.25) is 9.78 Å². The van der Waals surface area contributed by atoms with Crippen molar-refractivity contribution in [1.29, 1.82) is 0 Å². The molecule has 0 radical (unpaired) electrons. The fraction of sp³-hybridized carbons (Fsp3) is 0.111. The van der Waals surface area contributed by atoms with Crippen LogP contribution in [0.2, 0.25) is 5.02 Å². The highest BCUT2D eigenvalue weighted by Gasteiger charge is 2.07. The lowest BCUT2D eigenvalue weighted by Gasteiger charge is -2.08. The summed E-state index contributed by atoms with van der Waals surface area (Å²) in [7, 11) is 0. The van der Waals surface area contributed by atoms with E-state index in [-0.39, 0.29) is 5.91 Å². The quantitative estimate of drug-likeness (QED) is 0.684.